The van der Waals surface area contributed by atoms with Crippen molar-refractivity contribution in [2.75, 3.05) is 25.0 Å². The van der Waals surface area contributed by atoms with E-state index in [1.807, 2.05) is 43.0 Å². The molecular weight excluding hydrogens is 252 g/mol. The molecule has 1 unspecified atom stereocenters. The second kappa shape index (κ2) is 8.46. The van der Waals surface area contributed by atoms with E-state index in [4.69, 9.17) is 4.74 Å². The van der Waals surface area contributed by atoms with Gasteiger partial charge in [-0.3, -0.25) is 4.79 Å². The number of nitrogens with one attached hydrogen (secondary N) is 1. The van der Waals surface area contributed by atoms with Crippen molar-refractivity contribution in [2.45, 2.75) is 40.2 Å². The third kappa shape index (κ3) is 5.11. The molecule has 4 heteroatoms. The van der Waals surface area contributed by atoms with Gasteiger partial charge >= 0.3 is 0 Å². The molecule has 0 heterocycles. The van der Waals surface area contributed by atoms with E-state index in [9.17, 15) is 4.79 Å². The van der Waals surface area contributed by atoms with Gasteiger partial charge < -0.3 is 15.0 Å². The maximum atomic E-state index is 11.9. The molecule has 4 nitrogen and oxygen atoms in total. The normalized spacial score (nSPS) is 11.8. The maximum Gasteiger partial charge on any atom is 0.241 e. The first-order valence-corrected chi connectivity index (χ1v) is 7.39. The van der Waals surface area contributed by atoms with Crippen LogP contribution in [0.4, 0.5) is 5.69 Å². The summed E-state index contributed by atoms with van der Waals surface area (Å²) < 4.78 is 5.71. The molecule has 112 valence electrons. The van der Waals surface area contributed by atoms with Gasteiger partial charge in [0, 0.05) is 18.8 Å². The smallest absolute Gasteiger partial charge is 0.241 e. The van der Waals surface area contributed by atoms with Crippen molar-refractivity contribution in [3.63, 3.8) is 0 Å². The summed E-state index contributed by atoms with van der Waals surface area (Å²) in [7, 11) is 0. The van der Waals surface area contributed by atoms with Crippen LogP contribution in [-0.4, -0.2) is 36.5 Å². The lowest BCUT2D eigenvalue weighted by molar-refractivity contribution is -0.128. The lowest BCUT2D eigenvalue weighted by atomic mass is 10.2. The number of anilines is 1. The van der Waals surface area contributed by atoms with E-state index in [0.717, 1.165) is 30.9 Å². The number of nitrogens with zero attached hydrogens (tertiary/aromatic N) is 1. The van der Waals surface area contributed by atoms with Gasteiger partial charge in [0.2, 0.25) is 5.91 Å². The van der Waals surface area contributed by atoms with Crippen molar-refractivity contribution < 1.29 is 9.53 Å². The summed E-state index contributed by atoms with van der Waals surface area (Å²) >= 11 is 0. The van der Waals surface area contributed by atoms with Crippen LogP contribution in [0.1, 0.15) is 34.1 Å². The summed E-state index contributed by atoms with van der Waals surface area (Å²) in [5.74, 6) is 0.981. The van der Waals surface area contributed by atoms with Crippen LogP contribution in [0.15, 0.2) is 24.3 Å². The number of hydrogen-bond acceptors (Lipinski definition) is 3. The van der Waals surface area contributed by atoms with Crippen molar-refractivity contribution >= 4 is 11.6 Å². The Morgan fingerprint density at radius 1 is 1.20 bits per heavy atom. The van der Waals surface area contributed by atoms with E-state index >= 15 is 0 Å². The van der Waals surface area contributed by atoms with Gasteiger partial charge in [-0.2, -0.15) is 0 Å². The number of amides is 1. The topological polar surface area (TPSA) is 41.6 Å². The Labute approximate surface area is 122 Å². The van der Waals surface area contributed by atoms with E-state index in [-0.39, 0.29) is 12.0 Å². The molecule has 0 radical (unpaired) electrons. The fourth-order valence-electron chi connectivity index (χ4n) is 1.83. The molecule has 0 aliphatic heterocycles. The number of rotatable bonds is 8. The molecule has 0 aliphatic rings. The summed E-state index contributed by atoms with van der Waals surface area (Å²) in [6.07, 6.45) is 1.20. The summed E-state index contributed by atoms with van der Waals surface area (Å²) in [5.41, 5.74) is 0.932. The fraction of sp³-hybridized carbons (Fsp3) is 0.562. The molecule has 0 spiro atoms. The highest BCUT2D eigenvalue weighted by Gasteiger charge is 2.08. The maximum absolute atomic E-state index is 11.9. The Morgan fingerprint density at radius 3 is 2.30 bits per heavy atom. The van der Waals surface area contributed by atoms with E-state index in [1.54, 1.807) is 0 Å². The molecule has 1 amide bonds. The minimum atomic E-state index is 0.120. The molecule has 0 saturated carbocycles. The zero-order valence-corrected chi connectivity index (χ0v) is 13.0. The molecule has 0 fully saturated rings. The lowest BCUT2D eigenvalue weighted by Gasteiger charge is -2.19. The number of benzene rings is 1. The average molecular weight is 278 g/mol. The Kier molecular flexibility index (Phi) is 6.91. The Bertz CT molecular complexity index is 399. The number of ether oxygens (including phenoxy) is 1. The second-order valence-electron chi connectivity index (χ2n) is 4.78. The number of carbonyl (C=O) groups excluding carboxylic acids is 1. The SMILES string of the molecule is CCC(C)Oc1ccc(NCC(=O)N(CC)CC)cc1. The summed E-state index contributed by atoms with van der Waals surface area (Å²) in [4.78, 5) is 13.7. The Hall–Kier alpha value is -1.71. The van der Waals surface area contributed by atoms with E-state index in [1.165, 1.54) is 0 Å². The van der Waals surface area contributed by atoms with Gasteiger partial charge in [-0.1, -0.05) is 6.92 Å². The van der Waals surface area contributed by atoms with Crippen LogP contribution in [0.5, 0.6) is 5.75 Å². The molecule has 1 aromatic carbocycles. The van der Waals surface area contributed by atoms with Gasteiger partial charge in [0.25, 0.3) is 0 Å². The van der Waals surface area contributed by atoms with Crippen molar-refractivity contribution in [3.8, 4) is 5.75 Å². The summed E-state index contributed by atoms with van der Waals surface area (Å²) in [6.45, 7) is 9.95. The first kappa shape index (κ1) is 16.3. The number of hydrogen-bond donors (Lipinski definition) is 1. The summed E-state index contributed by atoms with van der Waals surface area (Å²) in [6, 6.07) is 7.73. The van der Waals surface area contributed by atoms with Crippen LogP contribution in [-0.2, 0) is 4.79 Å². The van der Waals surface area contributed by atoms with Gasteiger partial charge in [0.1, 0.15) is 5.75 Å². The first-order chi connectivity index (χ1) is 9.60. The zero-order chi connectivity index (χ0) is 15.0. The predicted molar refractivity (Wildman–Crippen MR) is 83.2 cm³/mol. The molecule has 20 heavy (non-hydrogen) atoms. The molecular formula is C16H26N2O2. The van der Waals surface area contributed by atoms with Crippen molar-refractivity contribution in [1.29, 1.82) is 0 Å². The Morgan fingerprint density at radius 2 is 1.80 bits per heavy atom. The molecule has 0 saturated heterocycles. The highest BCUT2D eigenvalue weighted by atomic mass is 16.5. The molecule has 0 aliphatic carbocycles. The molecule has 1 aromatic rings. The van der Waals surface area contributed by atoms with Gasteiger partial charge in [0.15, 0.2) is 0 Å². The molecule has 0 aromatic heterocycles. The van der Waals surface area contributed by atoms with Gasteiger partial charge in [-0.25, -0.2) is 0 Å². The highest BCUT2D eigenvalue weighted by molar-refractivity contribution is 5.80. The third-order valence-corrected chi connectivity index (χ3v) is 3.33. The largest absolute Gasteiger partial charge is 0.491 e. The van der Waals surface area contributed by atoms with E-state index < -0.39 is 0 Å². The van der Waals surface area contributed by atoms with Crippen LogP contribution in [0, 0.1) is 0 Å². The van der Waals surface area contributed by atoms with Crippen molar-refractivity contribution in [3.05, 3.63) is 24.3 Å². The minimum Gasteiger partial charge on any atom is -0.491 e. The minimum absolute atomic E-state index is 0.120. The van der Waals surface area contributed by atoms with Crippen LogP contribution in [0.2, 0.25) is 0 Å². The van der Waals surface area contributed by atoms with Gasteiger partial charge in [0.05, 0.1) is 12.6 Å². The molecule has 1 N–H and O–H groups in total. The highest BCUT2D eigenvalue weighted by Crippen LogP contribution is 2.17. The quantitative estimate of drug-likeness (QED) is 0.794. The molecule has 1 rings (SSSR count). The van der Waals surface area contributed by atoms with Crippen molar-refractivity contribution in [1.82, 2.24) is 4.90 Å². The lowest BCUT2D eigenvalue weighted by Crippen LogP contribution is -2.35. The molecule has 0 bridgehead atoms. The predicted octanol–water partition coefficient (Wildman–Crippen LogP) is 3.14. The molecule has 1 atom stereocenters. The van der Waals surface area contributed by atoms with E-state index in [2.05, 4.69) is 19.2 Å². The van der Waals surface area contributed by atoms with Crippen LogP contribution < -0.4 is 10.1 Å². The number of carbonyl (C=O) groups is 1. The van der Waals surface area contributed by atoms with Gasteiger partial charge in [-0.15, -0.1) is 0 Å². The first-order valence-electron chi connectivity index (χ1n) is 7.39. The van der Waals surface area contributed by atoms with Crippen LogP contribution >= 0.6 is 0 Å². The monoisotopic (exact) mass is 278 g/mol. The van der Waals surface area contributed by atoms with Crippen LogP contribution in [0.25, 0.3) is 0 Å². The number of likely N-dealkylation sites (N-methyl/N-ethyl adjacent to an activating group) is 1. The van der Waals surface area contributed by atoms with Crippen molar-refractivity contribution in [2.24, 2.45) is 0 Å². The Balaban J connectivity index is 2.47. The summed E-state index contributed by atoms with van der Waals surface area (Å²) in [5, 5.41) is 3.14. The standard InChI is InChI=1S/C16H26N2O2/c1-5-13(4)20-15-10-8-14(9-11-15)17-12-16(19)18(6-2)7-3/h8-11,13,17H,5-7,12H2,1-4H3. The fourth-order valence-corrected chi connectivity index (χ4v) is 1.83. The average Bonchev–Trinajstić information content (AvgIpc) is 2.47. The third-order valence-electron chi connectivity index (χ3n) is 3.33. The van der Waals surface area contributed by atoms with E-state index in [0.29, 0.717) is 6.54 Å². The zero-order valence-electron chi connectivity index (χ0n) is 13.0. The van der Waals surface area contributed by atoms with Crippen LogP contribution in [0.3, 0.4) is 0 Å². The van der Waals surface area contributed by atoms with Gasteiger partial charge in [-0.05, 0) is 51.5 Å². The second-order valence-corrected chi connectivity index (χ2v) is 4.78.